The fourth-order valence-electron chi connectivity index (χ4n) is 2.47. The van der Waals surface area contributed by atoms with E-state index in [2.05, 4.69) is 5.32 Å². The van der Waals surface area contributed by atoms with Crippen LogP contribution in [0.2, 0.25) is 0 Å². The van der Waals surface area contributed by atoms with Crippen molar-refractivity contribution in [2.75, 3.05) is 18.5 Å². The number of aromatic carboxylic acids is 1. The standard InChI is InChI=1S/C14H18N2O5/c1-9(17)15-11-7-12(18)16(8-10(11)13(19)20)14(2)3-5-21-6-4-14/h7-8H,3-6H2,1-2H3,(H,15,17)(H,19,20). The quantitative estimate of drug-likeness (QED) is 0.867. The van der Waals surface area contributed by atoms with Gasteiger partial charge in [-0.15, -0.1) is 0 Å². The van der Waals surface area contributed by atoms with Crippen molar-refractivity contribution in [3.8, 4) is 0 Å². The first kappa shape index (κ1) is 15.2. The van der Waals surface area contributed by atoms with Gasteiger partial charge in [-0.05, 0) is 19.8 Å². The second-order valence-electron chi connectivity index (χ2n) is 5.40. The summed E-state index contributed by atoms with van der Waals surface area (Å²) in [5.74, 6) is -1.62. The summed E-state index contributed by atoms with van der Waals surface area (Å²) < 4.78 is 6.73. The van der Waals surface area contributed by atoms with Gasteiger partial charge in [0.1, 0.15) is 0 Å². The molecule has 1 amide bonds. The number of carbonyl (C=O) groups is 2. The van der Waals surface area contributed by atoms with Gasteiger partial charge < -0.3 is 19.7 Å². The number of hydrogen-bond acceptors (Lipinski definition) is 4. The van der Waals surface area contributed by atoms with Gasteiger partial charge in [0.05, 0.1) is 11.3 Å². The lowest BCUT2D eigenvalue weighted by Crippen LogP contribution is -2.43. The van der Waals surface area contributed by atoms with E-state index in [1.165, 1.54) is 17.7 Å². The molecule has 1 aromatic rings. The number of carboxylic acids is 1. The average molecular weight is 294 g/mol. The van der Waals surface area contributed by atoms with Crippen LogP contribution in [0.4, 0.5) is 5.69 Å². The van der Waals surface area contributed by atoms with Crippen molar-refractivity contribution in [3.63, 3.8) is 0 Å². The molecule has 2 heterocycles. The Hall–Kier alpha value is -2.15. The zero-order valence-electron chi connectivity index (χ0n) is 12.0. The van der Waals surface area contributed by atoms with Crippen molar-refractivity contribution in [3.05, 3.63) is 28.2 Å². The van der Waals surface area contributed by atoms with Crippen molar-refractivity contribution < 1.29 is 19.4 Å². The number of hydrogen-bond donors (Lipinski definition) is 2. The molecular formula is C14H18N2O5. The highest BCUT2D eigenvalue weighted by molar-refractivity contribution is 5.99. The van der Waals surface area contributed by atoms with Crippen LogP contribution in [0.25, 0.3) is 0 Å². The predicted octanol–water partition coefficient (Wildman–Crippen LogP) is 1.03. The summed E-state index contributed by atoms with van der Waals surface area (Å²) in [6, 6.07) is 1.16. The third kappa shape index (κ3) is 3.13. The molecule has 2 rings (SSSR count). The van der Waals surface area contributed by atoms with E-state index in [1.807, 2.05) is 6.92 Å². The van der Waals surface area contributed by atoms with Crippen LogP contribution >= 0.6 is 0 Å². The predicted molar refractivity (Wildman–Crippen MR) is 75.7 cm³/mol. The van der Waals surface area contributed by atoms with Crippen molar-refractivity contribution in [2.24, 2.45) is 0 Å². The van der Waals surface area contributed by atoms with Gasteiger partial charge in [0, 0.05) is 37.9 Å². The topological polar surface area (TPSA) is 97.6 Å². The Morgan fingerprint density at radius 2 is 2.00 bits per heavy atom. The molecule has 0 aromatic carbocycles. The number of rotatable bonds is 3. The zero-order valence-corrected chi connectivity index (χ0v) is 12.0. The Balaban J connectivity index is 2.53. The molecule has 0 atom stereocenters. The Bertz CT molecular complexity index is 629. The molecule has 1 fully saturated rings. The van der Waals surface area contributed by atoms with Crippen LogP contribution in [-0.2, 0) is 15.1 Å². The summed E-state index contributed by atoms with van der Waals surface area (Å²) in [5.41, 5.74) is -0.897. The minimum Gasteiger partial charge on any atom is -0.478 e. The highest BCUT2D eigenvalue weighted by Crippen LogP contribution is 2.28. The minimum atomic E-state index is -1.19. The SMILES string of the molecule is CC(=O)Nc1cc(=O)n(C2(C)CCOCC2)cc1C(=O)O. The van der Waals surface area contributed by atoms with E-state index in [9.17, 15) is 19.5 Å². The summed E-state index contributed by atoms with van der Waals surface area (Å²) in [6.07, 6.45) is 2.57. The molecule has 2 N–H and O–H groups in total. The number of carboxylic acid groups (broad SMARTS) is 1. The van der Waals surface area contributed by atoms with E-state index in [0.29, 0.717) is 26.1 Å². The van der Waals surface area contributed by atoms with Crippen LogP contribution in [0.15, 0.2) is 17.1 Å². The van der Waals surface area contributed by atoms with Crippen LogP contribution in [0.3, 0.4) is 0 Å². The minimum absolute atomic E-state index is 0.0203. The summed E-state index contributed by atoms with van der Waals surface area (Å²) in [6.45, 7) is 4.22. The molecule has 1 saturated heterocycles. The van der Waals surface area contributed by atoms with Crippen LogP contribution in [0, 0.1) is 0 Å². The molecule has 0 bridgehead atoms. The molecule has 1 aliphatic rings. The maximum Gasteiger partial charge on any atom is 0.339 e. The molecule has 0 unspecified atom stereocenters. The number of carbonyl (C=O) groups excluding carboxylic acids is 1. The van der Waals surface area contributed by atoms with E-state index in [0.717, 1.165) is 6.07 Å². The van der Waals surface area contributed by atoms with Gasteiger partial charge >= 0.3 is 5.97 Å². The molecule has 7 heteroatoms. The van der Waals surface area contributed by atoms with Crippen LogP contribution in [-0.4, -0.2) is 34.8 Å². The third-order valence-corrected chi connectivity index (χ3v) is 3.75. The second-order valence-corrected chi connectivity index (χ2v) is 5.40. The number of ether oxygens (including phenoxy) is 1. The van der Waals surface area contributed by atoms with E-state index >= 15 is 0 Å². The molecule has 21 heavy (non-hydrogen) atoms. The van der Waals surface area contributed by atoms with Gasteiger partial charge in [0.15, 0.2) is 0 Å². The number of amides is 1. The van der Waals surface area contributed by atoms with E-state index in [1.54, 1.807) is 0 Å². The number of nitrogens with zero attached hydrogens (tertiary/aromatic N) is 1. The normalized spacial score (nSPS) is 17.2. The molecular weight excluding hydrogens is 276 g/mol. The fourth-order valence-corrected chi connectivity index (χ4v) is 2.47. The number of anilines is 1. The summed E-state index contributed by atoms with van der Waals surface area (Å²) in [7, 11) is 0. The summed E-state index contributed by atoms with van der Waals surface area (Å²) >= 11 is 0. The van der Waals surface area contributed by atoms with Gasteiger partial charge in [-0.3, -0.25) is 9.59 Å². The first-order valence-electron chi connectivity index (χ1n) is 6.69. The zero-order chi connectivity index (χ0) is 15.6. The number of nitrogens with one attached hydrogen (secondary N) is 1. The van der Waals surface area contributed by atoms with Gasteiger partial charge in [-0.2, -0.15) is 0 Å². The smallest absolute Gasteiger partial charge is 0.339 e. The molecule has 1 aliphatic heterocycles. The van der Waals surface area contributed by atoms with E-state index in [4.69, 9.17) is 4.74 Å². The van der Waals surface area contributed by atoms with Crippen LogP contribution in [0.1, 0.15) is 37.0 Å². The lowest BCUT2D eigenvalue weighted by Gasteiger charge is -2.35. The number of aromatic nitrogens is 1. The van der Waals surface area contributed by atoms with Gasteiger partial charge in [0.2, 0.25) is 5.91 Å². The second kappa shape index (κ2) is 5.69. The molecule has 7 nitrogen and oxygen atoms in total. The summed E-state index contributed by atoms with van der Waals surface area (Å²) in [4.78, 5) is 34.8. The van der Waals surface area contributed by atoms with Gasteiger partial charge in [0.25, 0.3) is 5.56 Å². The highest BCUT2D eigenvalue weighted by atomic mass is 16.5. The molecule has 0 aliphatic carbocycles. The first-order valence-corrected chi connectivity index (χ1v) is 6.69. The first-order chi connectivity index (χ1) is 9.83. The molecule has 0 spiro atoms. The monoisotopic (exact) mass is 294 g/mol. The maximum atomic E-state index is 12.3. The Kier molecular flexibility index (Phi) is 4.13. The molecule has 1 aromatic heterocycles. The number of pyridine rings is 1. The van der Waals surface area contributed by atoms with Crippen LogP contribution in [0.5, 0.6) is 0 Å². The van der Waals surface area contributed by atoms with Gasteiger partial charge in [-0.25, -0.2) is 4.79 Å². The lowest BCUT2D eigenvalue weighted by atomic mass is 9.91. The van der Waals surface area contributed by atoms with E-state index < -0.39 is 17.4 Å². The highest BCUT2D eigenvalue weighted by Gasteiger charge is 2.31. The van der Waals surface area contributed by atoms with Crippen molar-refractivity contribution in [1.29, 1.82) is 0 Å². The van der Waals surface area contributed by atoms with Crippen LogP contribution < -0.4 is 10.9 Å². The molecule has 0 saturated carbocycles. The Labute approximate surface area is 121 Å². The Morgan fingerprint density at radius 3 is 2.52 bits per heavy atom. The van der Waals surface area contributed by atoms with Gasteiger partial charge in [-0.1, -0.05) is 0 Å². The molecule has 114 valence electrons. The average Bonchev–Trinajstić information content (AvgIpc) is 2.38. The Morgan fingerprint density at radius 1 is 1.38 bits per heavy atom. The summed E-state index contributed by atoms with van der Waals surface area (Å²) in [5, 5.41) is 11.7. The lowest BCUT2D eigenvalue weighted by molar-refractivity contribution is -0.114. The molecule has 0 radical (unpaired) electrons. The van der Waals surface area contributed by atoms with Crippen molar-refractivity contribution >= 4 is 17.6 Å². The van der Waals surface area contributed by atoms with E-state index in [-0.39, 0.29) is 16.8 Å². The third-order valence-electron chi connectivity index (χ3n) is 3.75. The largest absolute Gasteiger partial charge is 0.478 e. The maximum absolute atomic E-state index is 12.3. The fraction of sp³-hybridized carbons (Fsp3) is 0.500. The van der Waals surface area contributed by atoms with Crippen molar-refractivity contribution in [1.82, 2.24) is 4.57 Å². The van der Waals surface area contributed by atoms with Crippen molar-refractivity contribution in [2.45, 2.75) is 32.2 Å².